The molecule has 6 heteroatoms. The van der Waals surface area contributed by atoms with Crippen LogP contribution in [0.15, 0.2) is 18.2 Å². The Labute approximate surface area is 119 Å². The number of carbonyl (C=O) groups is 1. The number of benzene rings is 1. The van der Waals surface area contributed by atoms with Gasteiger partial charge < -0.3 is 15.7 Å². The number of β-amino-alcohol motifs (C(OH)–C–C–N with tert-alkyl or cyclic N) is 1. The maximum Gasteiger partial charge on any atom is 0.266 e. The fraction of sp³-hybridized carbons (Fsp3) is 0.308. The average molecular weight is 297 g/mol. The summed E-state index contributed by atoms with van der Waals surface area (Å²) in [6.07, 6.45) is 0.205. The van der Waals surface area contributed by atoms with Crippen molar-refractivity contribution in [3.63, 3.8) is 0 Å². The molecular weight excluding hydrogens is 284 g/mol. The second-order valence-electron chi connectivity index (χ2n) is 4.68. The number of nitrogens with zero attached hydrogens (tertiary/aromatic N) is 1. The van der Waals surface area contributed by atoms with Gasteiger partial charge in [-0.25, -0.2) is 0 Å². The fourth-order valence-electron chi connectivity index (χ4n) is 2.32. The Kier molecular flexibility index (Phi) is 3.12. The third kappa shape index (κ3) is 2.18. The maximum absolute atomic E-state index is 12.4. The molecule has 3 N–H and O–H groups in total. The molecule has 2 heterocycles. The van der Waals surface area contributed by atoms with Crippen molar-refractivity contribution in [2.75, 3.05) is 18.8 Å². The van der Waals surface area contributed by atoms with Gasteiger partial charge in [0.05, 0.1) is 11.8 Å². The summed E-state index contributed by atoms with van der Waals surface area (Å²) in [6.45, 7) is 0.960. The lowest BCUT2D eigenvalue weighted by atomic mass is 10.2. The van der Waals surface area contributed by atoms with E-state index in [4.69, 9.17) is 17.3 Å². The van der Waals surface area contributed by atoms with Gasteiger partial charge in [-0.3, -0.25) is 4.79 Å². The molecule has 1 unspecified atom stereocenters. The van der Waals surface area contributed by atoms with Crippen molar-refractivity contribution in [1.82, 2.24) is 4.90 Å². The molecule has 1 fully saturated rings. The van der Waals surface area contributed by atoms with Crippen molar-refractivity contribution in [1.29, 1.82) is 0 Å². The van der Waals surface area contributed by atoms with Gasteiger partial charge in [0.2, 0.25) is 0 Å². The zero-order valence-electron chi connectivity index (χ0n) is 10.1. The van der Waals surface area contributed by atoms with Crippen molar-refractivity contribution >= 4 is 44.6 Å². The second kappa shape index (κ2) is 4.67. The summed E-state index contributed by atoms with van der Waals surface area (Å²) in [5.41, 5.74) is 6.55. The minimum atomic E-state index is -0.422. The van der Waals surface area contributed by atoms with E-state index in [9.17, 15) is 9.90 Å². The van der Waals surface area contributed by atoms with Gasteiger partial charge in [0.1, 0.15) is 4.88 Å². The highest BCUT2D eigenvalue weighted by Crippen LogP contribution is 2.36. The highest BCUT2D eigenvalue weighted by Gasteiger charge is 2.28. The quantitative estimate of drug-likeness (QED) is 0.849. The Morgan fingerprint density at radius 2 is 2.32 bits per heavy atom. The number of halogens is 1. The van der Waals surface area contributed by atoms with Gasteiger partial charge in [0, 0.05) is 28.2 Å². The van der Waals surface area contributed by atoms with Crippen molar-refractivity contribution in [3.8, 4) is 0 Å². The number of nitrogen functional groups attached to an aromatic ring is 1. The van der Waals surface area contributed by atoms with Crippen LogP contribution < -0.4 is 5.73 Å². The number of aliphatic hydroxyl groups excluding tert-OH is 1. The summed E-state index contributed by atoms with van der Waals surface area (Å²) < 4.78 is 0.910. The van der Waals surface area contributed by atoms with Gasteiger partial charge in [-0.1, -0.05) is 11.6 Å². The molecule has 0 aliphatic carbocycles. The number of hydrogen-bond acceptors (Lipinski definition) is 4. The number of carbonyl (C=O) groups excluding carboxylic acids is 1. The van der Waals surface area contributed by atoms with E-state index >= 15 is 0 Å². The Balaban J connectivity index is 2.00. The van der Waals surface area contributed by atoms with Crippen molar-refractivity contribution in [2.45, 2.75) is 12.5 Å². The van der Waals surface area contributed by atoms with Gasteiger partial charge in [-0.2, -0.15) is 0 Å². The van der Waals surface area contributed by atoms with Crippen molar-refractivity contribution in [3.05, 3.63) is 28.1 Å². The molecular formula is C13H13ClN2O2S. The molecule has 0 bridgehead atoms. The van der Waals surface area contributed by atoms with Crippen LogP contribution in [0.25, 0.3) is 10.1 Å². The van der Waals surface area contributed by atoms with E-state index < -0.39 is 6.10 Å². The smallest absolute Gasteiger partial charge is 0.266 e. The number of nitrogens with two attached hydrogens (primary N) is 1. The van der Waals surface area contributed by atoms with Crippen LogP contribution >= 0.6 is 22.9 Å². The SMILES string of the molecule is Nc1c(C(=O)N2CCC(O)C2)sc2cc(Cl)ccc12. The molecule has 1 saturated heterocycles. The van der Waals surface area contributed by atoms with E-state index in [1.165, 1.54) is 11.3 Å². The van der Waals surface area contributed by atoms with Crippen LogP contribution in [0.5, 0.6) is 0 Å². The molecule has 1 aliphatic rings. The topological polar surface area (TPSA) is 66.6 Å². The maximum atomic E-state index is 12.4. The van der Waals surface area contributed by atoms with Crippen LogP contribution in [-0.4, -0.2) is 35.1 Å². The molecule has 100 valence electrons. The van der Waals surface area contributed by atoms with E-state index in [0.29, 0.717) is 35.1 Å². The Bertz CT molecular complexity index is 655. The van der Waals surface area contributed by atoms with E-state index in [1.807, 2.05) is 12.1 Å². The summed E-state index contributed by atoms with van der Waals surface area (Å²) in [5.74, 6) is -0.105. The number of hydrogen-bond donors (Lipinski definition) is 2. The Morgan fingerprint density at radius 1 is 1.53 bits per heavy atom. The normalized spacial score (nSPS) is 19.3. The number of likely N-dealkylation sites (tertiary alicyclic amines) is 1. The van der Waals surface area contributed by atoms with E-state index in [0.717, 1.165) is 10.1 Å². The van der Waals surface area contributed by atoms with Crippen LogP contribution in [0.1, 0.15) is 16.1 Å². The standard InChI is InChI=1S/C13H13ClN2O2S/c14-7-1-2-9-10(5-7)19-12(11(9)15)13(18)16-4-3-8(17)6-16/h1-2,5,8,17H,3-4,6,15H2. The third-order valence-corrected chi connectivity index (χ3v) is 4.73. The van der Waals surface area contributed by atoms with Gasteiger partial charge in [-0.05, 0) is 24.6 Å². The van der Waals surface area contributed by atoms with E-state index in [-0.39, 0.29) is 5.91 Å². The first kappa shape index (κ1) is 12.7. The lowest BCUT2D eigenvalue weighted by Gasteiger charge is -2.14. The lowest BCUT2D eigenvalue weighted by Crippen LogP contribution is -2.29. The summed E-state index contributed by atoms with van der Waals surface area (Å²) >= 11 is 7.30. The van der Waals surface area contributed by atoms with Gasteiger partial charge in [0.15, 0.2) is 0 Å². The van der Waals surface area contributed by atoms with Gasteiger partial charge in [-0.15, -0.1) is 11.3 Å². The summed E-state index contributed by atoms with van der Waals surface area (Å²) in [6, 6.07) is 5.41. The minimum absolute atomic E-state index is 0.105. The molecule has 0 spiro atoms. The molecule has 4 nitrogen and oxygen atoms in total. The first-order chi connectivity index (χ1) is 9.06. The summed E-state index contributed by atoms with van der Waals surface area (Å²) in [5, 5.41) is 11.0. The molecule has 1 atom stereocenters. The molecule has 19 heavy (non-hydrogen) atoms. The minimum Gasteiger partial charge on any atom is -0.397 e. The predicted molar refractivity (Wildman–Crippen MR) is 77.8 cm³/mol. The van der Waals surface area contributed by atoms with Crippen LogP contribution in [0.4, 0.5) is 5.69 Å². The number of rotatable bonds is 1. The largest absolute Gasteiger partial charge is 0.397 e. The van der Waals surface area contributed by atoms with Gasteiger partial charge in [0.25, 0.3) is 5.91 Å². The molecule has 0 saturated carbocycles. The second-order valence-corrected chi connectivity index (χ2v) is 6.17. The number of aliphatic hydroxyl groups is 1. The molecule has 1 aromatic carbocycles. The fourth-order valence-corrected chi connectivity index (χ4v) is 3.69. The van der Waals surface area contributed by atoms with E-state index in [2.05, 4.69) is 0 Å². The monoisotopic (exact) mass is 296 g/mol. The lowest BCUT2D eigenvalue weighted by molar-refractivity contribution is 0.0770. The first-order valence-corrected chi connectivity index (χ1v) is 7.20. The zero-order valence-corrected chi connectivity index (χ0v) is 11.7. The van der Waals surface area contributed by atoms with Crippen LogP contribution in [-0.2, 0) is 0 Å². The van der Waals surface area contributed by atoms with Crippen LogP contribution in [0.3, 0.4) is 0 Å². The third-order valence-electron chi connectivity index (χ3n) is 3.34. The summed E-state index contributed by atoms with van der Waals surface area (Å²) in [7, 11) is 0. The average Bonchev–Trinajstić information content (AvgIpc) is 2.93. The molecule has 2 aromatic rings. The molecule has 1 amide bonds. The molecule has 1 aromatic heterocycles. The molecule has 0 radical (unpaired) electrons. The first-order valence-electron chi connectivity index (χ1n) is 6.01. The molecule has 1 aliphatic heterocycles. The van der Waals surface area contributed by atoms with Crippen LogP contribution in [0, 0.1) is 0 Å². The zero-order chi connectivity index (χ0) is 13.6. The number of thiophene rings is 1. The Hall–Kier alpha value is -1.30. The Morgan fingerprint density at radius 3 is 3.00 bits per heavy atom. The number of amides is 1. The predicted octanol–water partition coefficient (Wildman–Crippen LogP) is 2.34. The molecule has 3 rings (SSSR count). The number of anilines is 1. The number of fused-ring (bicyclic) bond motifs is 1. The van der Waals surface area contributed by atoms with Crippen molar-refractivity contribution < 1.29 is 9.90 Å². The van der Waals surface area contributed by atoms with Gasteiger partial charge >= 0.3 is 0 Å². The van der Waals surface area contributed by atoms with Crippen molar-refractivity contribution in [2.24, 2.45) is 0 Å². The summed E-state index contributed by atoms with van der Waals surface area (Å²) in [4.78, 5) is 14.6. The highest BCUT2D eigenvalue weighted by molar-refractivity contribution is 7.21. The van der Waals surface area contributed by atoms with Crippen LogP contribution in [0.2, 0.25) is 5.02 Å². The highest BCUT2D eigenvalue weighted by atomic mass is 35.5. The van der Waals surface area contributed by atoms with E-state index in [1.54, 1.807) is 11.0 Å².